The SMILES string of the molecule is COc1cc(C=c2sc(=C(C#N)C(=O)Nc3cccc(Cl)c3)n(-c3ccccc3)c2=O)cc(Br)c1O. The first-order valence-corrected chi connectivity index (χ1v) is 12.4. The van der Waals surface area contributed by atoms with E-state index in [-0.39, 0.29) is 26.3 Å². The summed E-state index contributed by atoms with van der Waals surface area (Å²) in [5, 5.41) is 23.1. The van der Waals surface area contributed by atoms with Gasteiger partial charge in [0.1, 0.15) is 10.7 Å². The Morgan fingerprint density at radius 3 is 2.61 bits per heavy atom. The second-order valence-corrected chi connectivity index (χ2v) is 9.72. The van der Waals surface area contributed by atoms with Crippen LogP contribution in [0.2, 0.25) is 5.02 Å². The van der Waals surface area contributed by atoms with Crippen molar-refractivity contribution in [2.45, 2.75) is 0 Å². The molecule has 3 aromatic carbocycles. The molecule has 0 bridgehead atoms. The highest BCUT2D eigenvalue weighted by molar-refractivity contribution is 9.10. The first-order valence-electron chi connectivity index (χ1n) is 10.4. The van der Waals surface area contributed by atoms with Crippen LogP contribution in [-0.2, 0) is 4.79 Å². The van der Waals surface area contributed by atoms with E-state index in [0.717, 1.165) is 11.3 Å². The van der Waals surface area contributed by atoms with Gasteiger partial charge in [-0.1, -0.05) is 35.9 Å². The van der Waals surface area contributed by atoms with Crippen molar-refractivity contribution in [3.63, 3.8) is 0 Å². The molecule has 0 fully saturated rings. The number of thiazole rings is 1. The number of halogens is 2. The summed E-state index contributed by atoms with van der Waals surface area (Å²) in [5.74, 6) is -0.520. The van der Waals surface area contributed by atoms with Crippen molar-refractivity contribution in [2.75, 3.05) is 12.4 Å². The molecule has 0 saturated heterocycles. The number of aromatic hydroxyl groups is 1. The molecular formula is C26H17BrClN3O4S. The van der Waals surface area contributed by atoms with Gasteiger partial charge in [0.25, 0.3) is 11.5 Å². The molecule has 1 amide bonds. The number of phenolic OH excluding ortho intramolecular Hbond substituents is 1. The van der Waals surface area contributed by atoms with Crippen LogP contribution in [0.3, 0.4) is 0 Å². The van der Waals surface area contributed by atoms with Crippen LogP contribution in [0, 0.1) is 11.3 Å². The molecule has 1 heterocycles. The molecule has 2 N–H and O–H groups in total. The zero-order valence-corrected chi connectivity index (χ0v) is 21.8. The molecule has 7 nitrogen and oxygen atoms in total. The molecule has 0 unspecified atom stereocenters. The average molecular weight is 583 g/mol. The topological polar surface area (TPSA) is 104 Å². The maximum Gasteiger partial charge on any atom is 0.273 e. The number of para-hydroxylation sites is 1. The maximum atomic E-state index is 13.5. The summed E-state index contributed by atoms with van der Waals surface area (Å²) in [6, 6.07) is 20.4. The van der Waals surface area contributed by atoms with E-state index in [9.17, 15) is 20.0 Å². The third-order valence-corrected chi connectivity index (χ3v) is 6.97. The predicted molar refractivity (Wildman–Crippen MR) is 144 cm³/mol. The number of nitrogens with zero attached hydrogens (tertiary/aromatic N) is 2. The number of ether oxygens (including phenoxy) is 1. The van der Waals surface area contributed by atoms with Gasteiger partial charge in [-0.3, -0.25) is 14.2 Å². The Morgan fingerprint density at radius 2 is 1.94 bits per heavy atom. The van der Waals surface area contributed by atoms with Gasteiger partial charge in [-0.05, 0) is 70.0 Å². The van der Waals surface area contributed by atoms with E-state index in [2.05, 4.69) is 21.2 Å². The largest absolute Gasteiger partial charge is 0.503 e. The Hall–Kier alpha value is -3.84. The van der Waals surface area contributed by atoms with Crippen molar-refractivity contribution in [1.29, 1.82) is 5.26 Å². The zero-order valence-electron chi connectivity index (χ0n) is 18.7. The third-order valence-electron chi connectivity index (χ3n) is 5.04. The van der Waals surface area contributed by atoms with E-state index in [1.54, 1.807) is 72.8 Å². The van der Waals surface area contributed by atoms with E-state index in [0.29, 0.717) is 26.4 Å². The maximum absolute atomic E-state index is 13.5. The number of nitrogens with one attached hydrogen (secondary N) is 1. The molecule has 0 saturated carbocycles. The van der Waals surface area contributed by atoms with Crippen molar-refractivity contribution in [3.05, 3.63) is 101 Å². The quantitative estimate of drug-likeness (QED) is 0.368. The van der Waals surface area contributed by atoms with Crippen molar-refractivity contribution in [3.8, 4) is 23.3 Å². The highest BCUT2D eigenvalue weighted by Crippen LogP contribution is 2.35. The minimum Gasteiger partial charge on any atom is -0.503 e. The van der Waals surface area contributed by atoms with Crippen LogP contribution in [0.25, 0.3) is 17.3 Å². The normalized spacial score (nSPS) is 12.1. The summed E-state index contributed by atoms with van der Waals surface area (Å²) in [7, 11) is 1.42. The molecule has 4 aromatic rings. The molecule has 0 aliphatic rings. The van der Waals surface area contributed by atoms with Crippen LogP contribution >= 0.6 is 38.9 Å². The summed E-state index contributed by atoms with van der Waals surface area (Å²) < 4.78 is 7.36. The second-order valence-electron chi connectivity index (χ2n) is 7.40. The molecule has 36 heavy (non-hydrogen) atoms. The molecular weight excluding hydrogens is 566 g/mol. The van der Waals surface area contributed by atoms with Crippen LogP contribution in [0.5, 0.6) is 11.5 Å². The summed E-state index contributed by atoms with van der Waals surface area (Å²) in [5.41, 5.74) is 0.848. The number of anilines is 1. The minimum absolute atomic E-state index is 0.0685. The second kappa shape index (κ2) is 10.8. The first kappa shape index (κ1) is 25.3. The predicted octanol–water partition coefficient (Wildman–Crippen LogP) is 4.17. The minimum atomic E-state index is -0.675. The number of rotatable bonds is 5. The molecule has 4 rings (SSSR count). The van der Waals surface area contributed by atoms with Gasteiger partial charge in [0, 0.05) is 10.7 Å². The highest BCUT2D eigenvalue weighted by atomic mass is 79.9. The van der Waals surface area contributed by atoms with Gasteiger partial charge in [0.2, 0.25) is 0 Å². The lowest BCUT2D eigenvalue weighted by Crippen LogP contribution is -2.32. The van der Waals surface area contributed by atoms with E-state index >= 15 is 0 Å². The number of phenols is 1. The van der Waals surface area contributed by atoms with Crippen molar-refractivity contribution in [1.82, 2.24) is 4.57 Å². The fourth-order valence-corrected chi connectivity index (χ4v) is 5.15. The van der Waals surface area contributed by atoms with E-state index in [1.807, 2.05) is 6.07 Å². The van der Waals surface area contributed by atoms with Gasteiger partial charge < -0.3 is 15.2 Å². The lowest BCUT2D eigenvalue weighted by atomic mass is 10.2. The number of nitriles is 1. The number of carbonyl (C=O) groups excluding carboxylic acids is 1. The monoisotopic (exact) mass is 581 g/mol. The third kappa shape index (κ3) is 5.21. The van der Waals surface area contributed by atoms with Gasteiger partial charge in [-0.2, -0.15) is 5.26 Å². The van der Waals surface area contributed by atoms with Gasteiger partial charge in [0.05, 0.1) is 21.8 Å². The molecule has 1 aromatic heterocycles. The Labute approximate surface area is 222 Å². The average Bonchev–Trinajstić information content (AvgIpc) is 3.17. The zero-order chi connectivity index (χ0) is 25.8. The highest BCUT2D eigenvalue weighted by Gasteiger charge is 2.18. The summed E-state index contributed by atoms with van der Waals surface area (Å²) in [4.78, 5) is 26.6. The molecule has 0 aliphatic carbocycles. The summed E-state index contributed by atoms with van der Waals surface area (Å²) >= 11 is 10.3. The van der Waals surface area contributed by atoms with E-state index in [1.165, 1.54) is 11.7 Å². The molecule has 10 heteroatoms. The summed E-state index contributed by atoms with van der Waals surface area (Å²) in [6.07, 6.45) is 1.60. The van der Waals surface area contributed by atoms with Crippen molar-refractivity contribution < 1.29 is 14.6 Å². The van der Waals surface area contributed by atoms with E-state index in [4.69, 9.17) is 16.3 Å². The number of hydrogen-bond acceptors (Lipinski definition) is 6. The lowest BCUT2D eigenvalue weighted by molar-refractivity contribution is -0.111. The Bertz CT molecular complexity index is 1690. The molecule has 0 spiro atoms. The fraction of sp³-hybridized carbons (Fsp3) is 0.0385. The van der Waals surface area contributed by atoms with Crippen LogP contribution in [0.15, 0.2) is 76.0 Å². The molecule has 0 aliphatic heterocycles. The molecule has 180 valence electrons. The number of methoxy groups -OCH3 is 1. The molecule has 0 atom stereocenters. The Balaban J connectivity index is 1.97. The number of carbonyl (C=O) groups is 1. The standard InChI is InChI=1S/C26H17BrClN3O4S/c1-35-21-11-15(10-20(27)23(21)32)12-22-25(34)31(18-8-3-2-4-9-18)26(36-22)19(14-29)24(33)30-17-7-5-6-16(28)13-17/h2-13,32H,1H3,(H,30,33). The lowest BCUT2D eigenvalue weighted by Gasteiger charge is -2.06. The number of aromatic nitrogens is 1. The number of hydrogen-bond donors (Lipinski definition) is 2. The number of benzene rings is 3. The summed E-state index contributed by atoms with van der Waals surface area (Å²) in [6.45, 7) is 0. The fourth-order valence-electron chi connectivity index (χ4n) is 3.40. The van der Waals surface area contributed by atoms with Crippen LogP contribution in [-0.4, -0.2) is 22.7 Å². The van der Waals surface area contributed by atoms with Crippen molar-refractivity contribution >= 4 is 62.1 Å². The van der Waals surface area contributed by atoms with Crippen molar-refractivity contribution in [2.24, 2.45) is 0 Å². The molecule has 0 radical (unpaired) electrons. The number of amides is 1. The van der Waals surface area contributed by atoms with Gasteiger partial charge in [-0.25, -0.2) is 0 Å². The Kier molecular flexibility index (Phi) is 7.60. The Morgan fingerprint density at radius 1 is 1.19 bits per heavy atom. The first-order chi connectivity index (χ1) is 17.3. The van der Waals surface area contributed by atoms with Gasteiger partial charge in [0.15, 0.2) is 17.1 Å². The van der Waals surface area contributed by atoms with Gasteiger partial charge >= 0.3 is 0 Å². The van der Waals surface area contributed by atoms with Crippen LogP contribution in [0.1, 0.15) is 5.56 Å². The smallest absolute Gasteiger partial charge is 0.273 e. The van der Waals surface area contributed by atoms with Crippen LogP contribution in [0.4, 0.5) is 5.69 Å². The van der Waals surface area contributed by atoms with Crippen LogP contribution < -0.4 is 24.8 Å². The van der Waals surface area contributed by atoms with Gasteiger partial charge in [-0.15, -0.1) is 11.3 Å². The van der Waals surface area contributed by atoms with E-state index < -0.39 is 11.5 Å².